The first-order valence-corrected chi connectivity index (χ1v) is 7.61. The Labute approximate surface area is 135 Å². The van der Waals surface area contributed by atoms with Gasteiger partial charge >= 0.3 is 0 Å². The van der Waals surface area contributed by atoms with Crippen LogP contribution < -0.4 is 10.1 Å². The van der Waals surface area contributed by atoms with E-state index in [2.05, 4.69) is 10.3 Å². The smallest absolute Gasteiger partial charge is 0.268 e. The molecule has 0 aliphatic carbocycles. The zero-order valence-electron chi connectivity index (χ0n) is 13.5. The molecule has 4 nitrogen and oxygen atoms in total. The van der Waals surface area contributed by atoms with Gasteiger partial charge in [-0.3, -0.25) is 4.79 Å². The summed E-state index contributed by atoms with van der Waals surface area (Å²) in [6.45, 7) is 4.03. The summed E-state index contributed by atoms with van der Waals surface area (Å²) in [6, 6.07) is 15.7. The Morgan fingerprint density at radius 3 is 2.57 bits per heavy atom. The third kappa shape index (κ3) is 3.21. The van der Waals surface area contributed by atoms with Gasteiger partial charge in [0.15, 0.2) is 0 Å². The SMILES string of the molecule is COc1ccc2cc(C(=O)NC(C)c3ccc(C)cc3)[nH]c2c1. The molecule has 0 aliphatic rings. The summed E-state index contributed by atoms with van der Waals surface area (Å²) in [5.74, 6) is 0.646. The molecule has 2 N–H and O–H groups in total. The summed E-state index contributed by atoms with van der Waals surface area (Å²) in [5.41, 5.74) is 3.73. The minimum absolute atomic E-state index is 0.0518. The van der Waals surface area contributed by atoms with Gasteiger partial charge in [-0.05, 0) is 37.6 Å². The van der Waals surface area contributed by atoms with E-state index in [0.29, 0.717) is 5.69 Å². The Bertz CT molecular complexity index is 834. The van der Waals surface area contributed by atoms with E-state index in [-0.39, 0.29) is 11.9 Å². The number of fused-ring (bicyclic) bond motifs is 1. The molecule has 1 heterocycles. The summed E-state index contributed by atoms with van der Waals surface area (Å²) >= 11 is 0. The quantitative estimate of drug-likeness (QED) is 0.766. The summed E-state index contributed by atoms with van der Waals surface area (Å²) in [7, 11) is 1.63. The maximum Gasteiger partial charge on any atom is 0.268 e. The number of hydrogen-bond acceptors (Lipinski definition) is 2. The van der Waals surface area contributed by atoms with Crippen molar-refractivity contribution < 1.29 is 9.53 Å². The van der Waals surface area contributed by atoms with E-state index in [9.17, 15) is 4.79 Å². The van der Waals surface area contributed by atoms with Crippen LogP contribution in [0.15, 0.2) is 48.5 Å². The van der Waals surface area contributed by atoms with Crippen LogP contribution in [0.4, 0.5) is 0 Å². The monoisotopic (exact) mass is 308 g/mol. The van der Waals surface area contributed by atoms with Gasteiger partial charge in [0.25, 0.3) is 5.91 Å². The molecule has 0 saturated carbocycles. The zero-order valence-corrected chi connectivity index (χ0v) is 13.5. The van der Waals surface area contributed by atoms with Crippen molar-refractivity contribution >= 4 is 16.8 Å². The Morgan fingerprint density at radius 2 is 1.87 bits per heavy atom. The van der Waals surface area contributed by atoms with Crippen LogP contribution in [0.5, 0.6) is 5.75 Å². The average molecular weight is 308 g/mol. The number of aryl methyl sites for hydroxylation is 1. The number of carbonyl (C=O) groups excluding carboxylic acids is 1. The van der Waals surface area contributed by atoms with E-state index >= 15 is 0 Å². The Hall–Kier alpha value is -2.75. The molecule has 23 heavy (non-hydrogen) atoms. The Morgan fingerprint density at radius 1 is 1.13 bits per heavy atom. The number of aromatic amines is 1. The number of ether oxygens (including phenoxy) is 1. The van der Waals surface area contributed by atoms with Gasteiger partial charge in [-0.25, -0.2) is 0 Å². The fourth-order valence-electron chi connectivity index (χ4n) is 2.57. The van der Waals surface area contributed by atoms with Gasteiger partial charge in [-0.2, -0.15) is 0 Å². The van der Waals surface area contributed by atoms with Crippen LogP contribution in [0.25, 0.3) is 10.9 Å². The van der Waals surface area contributed by atoms with Crippen LogP contribution in [0, 0.1) is 6.92 Å². The normalized spacial score (nSPS) is 12.1. The van der Waals surface area contributed by atoms with Crippen molar-refractivity contribution in [3.63, 3.8) is 0 Å². The van der Waals surface area contributed by atoms with Crippen molar-refractivity contribution in [3.05, 3.63) is 65.4 Å². The molecule has 3 aromatic rings. The van der Waals surface area contributed by atoms with E-state index in [0.717, 1.165) is 22.2 Å². The van der Waals surface area contributed by atoms with Gasteiger partial charge in [0, 0.05) is 17.0 Å². The second kappa shape index (κ2) is 6.16. The van der Waals surface area contributed by atoms with E-state index in [1.54, 1.807) is 7.11 Å². The molecule has 4 heteroatoms. The number of nitrogens with one attached hydrogen (secondary N) is 2. The number of amides is 1. The number of benzene rings is 2. The fourth-order valence-corrected chi connectivity index (χ4v) is 2.57. The second-order valence-corrected chi connectivity index (χ2v) is 5.74. The average Bonchev–Trinajstić information content (AvgIpc) is 2.98. The summed E-state index contributed by atoms with van der Waals surface area (Å²) in [5, 5.41) is 4.01. The lowest BCUT2D eigenvalue weighted by atomic mass is 10.1. The van der Waals surface area contributed by atoms with Gasteiger partial charge < -0.3 is 15.0 Å². The van der Waals surface area contributed by atoms with Crippen molar-refractivity contribution in [3.8, 4) is 5.75 Å². The van der Waals surface area contributed by atoms with Crippen molar-refractivity contribution in [2.45, 2.75) is 19.9 Å². The van der Waals surface area contributed by atoms with Crippen LogP contribution >= 0.6 is 0 Å². The van der Waals surface area contributed by atoms with E-state index < -0.39 is 0 Å². The Balaban J connectivity index is 1.78. The highest BCUT2D eigenvalue weighted by molar-refractivity contribution is 5.98. The highest BCUT2D eigenvalue weighted by Gasteiger charge is 2.14. The fraction of sp³-hybridized carbons (Fsp3) is 0.211. The predicted octanol–water partition coefficient (Wildman–Crippen LogP) is 3.98. The van der Waals surface area contributed by atoms with Crippen LogP contribution in [-0.4, -0.2) is 18.0 Å². The minimum Gasteiger partial charge on any atom is -0.497 e. The molecule has 0 fully saturated rings. The highest BCUT2D eigenvalue weighted by atomic mass is 16.5. The number of rotatable bonds is 4. The second-order valence-electron chi connectivity index (χ2n) is 5.74. The standard InChI is InChI=1S/C19H20N2O2/c1-12-4-6-14(7-5-12)13(2)20-19(22)18-10-15-8-9-16(23-3)11-17(15)21-18/h4-11,13,21H,1-3H3,(H,20,22). The van der Waals surface area contributed by atoms with Crippen LogP contribution in [0.1, 0.15) is 34.6 Å². The van der Waals surface area contributed by atoms with Gasteiger partial charge in [-0.1, -0.05) is 29.8 Å². The predicted molar refractivity (Wildman–Crippen MR) is 91.9 cm³/mol. The molecule has 0 spiro atoms. The Kier molecular flexibility index (Phi) is 4.06. The van der Waals surface area contributed by atoms with Crippen molar-refractivity contribution in [2.75, 3.05) is 7.11 Å². The third-order valence-electron chi connectivity index (χ3n) is 4.00. The molecule has 3 rings (SSSR count). The highest BCUT2D eigenvalue weighted by Crippen LogP contribution is 2.22. The summed E-state index contributed by atoms with van der Waals surface area (Å²) < 4.78 is 5.20. The third-order valence-corrected chi connectivity index (χ3v) is 4.00. The lowest BCUT2D eigenvalue weighted by Gasteiger charge is -2.14. The lowest BCUT2D eigenvalue weighted by Crippen LogP contribution is -2.26. The molecule has 1 atom stereocenters. The molecule has 1 amide bonds. The van der Waals surface area contributed by atoms with Gasteiger partial charge in [0.2, 0.25) is 0 Å². The molecular weight excluding hydrogens is 288 g/mol. The number of aromatic nitrogens is 1. The van der Waals surface area contributed by atoms with Crippen molar-refractivity contribution in [2.24, 2.45) is 0 Å². The maximum atomic E-state index is 12.4. The van der Waals surface area contributed by atoms with E-state index in [1.165, 1.54) is 5.56 Å². The van der Waals surface area contributed by atoms with Crippen LogP contribution in [0.3, 0.4) is 0 Å². The van der Waals surface area contributed by atoms with Crippen molar-refractivity contribution in [1.82, 2.24) is 10.3 Å². The molecule has 2 aromatic carbocycles. The van der Waals surface area contributed by atoms with Crippen LogP contribution in [-0.2, 0) is 0 Å². The molecular formula is C19H20N2O2. The van der Waals surface area contributed by atoms with Crippen LogP contribution in [0.2, 0.25) is 0 Å². The molecule has 0 bridgehead atoms. The molecule has 0 saturated heterocycles. The minimum atomic E-state index is -0.117. The molecule has 0 aliphatic heterocycles. The molecule has 0 radical (unpaired) electrons. The number of H-pyrrole nitrogens is 1. The van der Waals surface area contributed by atoms with Gasteiger partial charge in [0.1, 0.15) is 11.4 Å². The lowest BCUT2D eigenvalue weighted by molar-refractivity contribution is 0.0935. The molecule has 118 valence electrons. The van der Waals surface area contributed by atoms with Crippen molar-refractivity contribution in [1.29, 1.82) is 0 Å². The van der Waals surface area contributed by atoms with Gasteiger partial charge in [-0.15, -0.1) is 0 Å². The maximum absolute atomic E-state index is 12.4. The number of methoxy groups -OCH3 is 1. The molecule has 1 aromatic heterocycles. The molecule has 1 unspecified atom stereocenters. The summed E-state index contributed by atoms with van der Waals surface area (Å²) in [4.78, 5) is 15.6. The first kappa shape index (κ1) is 15.2. The zero-order chi connectivity index (χ0) is 16.4. The van der Waals surface area contributed by atoms with E-state index in [4.69, 9.17) is 4.74 Å². The first-order valence-electron chi connectivity index (χ1n) is 7.61. The largest absolute Gasteiger partial charge is 0.497 e. The van der Waals surface area contributed by atoms with Gasteiger partial charge in [0.05, 0.1) is 13.2 Å². The summed E-state index contributed by atoms with van der Waals surface area (Å²) in [6.07, 6.45) is 0. The van der Waals surface area contributed by atoms with E-state index in [1.807, 2.05) is 62.4 Å². The first-order chi connectivity index (χ1) is 11.1. The number of hydrogen-bond donors (Lipinski definition) is 2. The number of carbonyl (C=O) groups is 1. The topological polar surface area (TPSA) is 54.1 Å².